The van der Waals surface area contributed by atoms with Gasteiger partial charge in [-0.15, -0.1) is 0 Å². The summed E-state index contributed by atoms with van der Waals surface area (Å²) >= 11 is 0. The second-order valence-corrected chi connectivity index (χ2v) is 7.75. The van der Waals surface area contributed by atoms with E-state index in [1.807, 2.05) is 0 Å². The molecule has 0 spiro atoms. The topological polar surface area (TPSA) is 72.5 Å². The van der Waals surface area contributed by atoms with Gasteiger partial charge in [0.15, 0.2) is 9.84 Å². The van der Waals surface area contributed by atoms with E-state index in [9.17, 15) is 13.2 Å². The lowest BCUT2D eigenvalue weighted by Gasteiger charge is -2.22. The van der Waals surface area contributed by atoms with Gasteiger partial charge in [0.25, 0.3) is 0 Å². The van der Waals surface area contributed by atoms with Crippen LogP contribution in [0.4, 0.5) is 0 Å². The van der Waals surface area contributed by atoms with E-state index >= 15 is 0 Å². The number of carbonyl (C=O) groups is 1. The van der Waals surface area contributed by atoms with Crippen LogP contribution in [0.25, 0.3) is 0 Å². The molecular formula is C13H23NO4S. The van der Waals surface area contributed by atoms with E-state index in [0.717, 1.165) is 51.6 Å². The molecule has 0 aromatic carbocycles. The normalized spacial score (nSPS) is 22.5. The summed E-state index contributed by atoms with van der Waals surface area (Å²) < 4.78 is 29.1. The van der Waals surface area contributed by atoms with Gasteiger partial charge >= 0.3 is 5.97 Å². The minimum absolute atomic E-state index is 0.0541. The van der Waals surface area contributed by atoms with Crippen molar-refractivity contribution in [3.05, 3.63) is 0 Å². The Morgan fingerprint density at radius 2 is 1.74 bits per heavy atom. The summed E-state index contributed by atoms with van der Waals surface area (Å²) in [5.41, 5.74) is 0. The van der Waals surface area contributed by atoms with Gasteiger partial charge in [-0.1, -0.05) is 0 Å². The molecule has 2 aliphatic rings. The highest BCUT2D eigenvalue weighted by Crippen LogP contribution is 2.21. The maximum absolute atomic E-state index is 12.0. The number of hydrogen-bond donors (Lipinski definition) is 1. The van der Waals surface area contributed by atoms with Gasteiger partial charge in [-0.3, -0.25) is 4.79 Å². The van der Waals surface area contributed by atoms with Crippen LogP contribution in [0.3, 0.4) is 0 Å². The second-order valence-electron chi connectivity index (χ2n) is 5.64. The molecule has 1 heterocycles. The predicted molar refractivity (Wildman–Crippen MR) is 72.6 cm³/mol. The quantitative estimate of drug-likeness (QED) is 0.761. The Bertz CT molecular complexity index is 395. The first kappa shape index (κ1) is 14.8. The molecule has 1 aliphatic carbocycles. The Kier molecular flexibility index (Phi) is 5.21. The van der Waals surface area contributed by atoms with Crippen LogP contribution in [0.1, 0.15) is 38.5 Å². The second kappa shape index (κ2) is 6.70. The number of hydrogen-bond acceptors (Lipinski definition) is 5. The summed E-state index contributed by atoms with van der Waals surface area (Å²) in [4.78, 5) is 11.6. The van der Waals surface area contributed by atoms with E-state index in [2.05, 4.69) is 5.32 Å². The first-order valence-electron chi connectivity index (χ1n) is 7.16. The minimum Gasteiger partial charge on any atom is -0.462 e. The van der Waals surface area contributed by atoms with Gasteiger partial charge < -0.3 is 10.1 Å². The largest absolute Gasteiger partial charge is 0.462 e. The Balaban J connectivity index is 1.77. The highest BCUT2D eigenvalue weighted by molar-refractivity contribution is 7.92. The maximum atomic E-state index is 12.0. The van der Waals surface area contributed by atoms with Gasteiger partial charge in [0.1, 0.15) is 11.9 Å². The van der Waals surface area contributed by atoms with Gasteiger partial charge in [0.05, 0.1) is 5.75 Å². The average molecular weight is 289 g/mol. The number of rotatable bonds is 5. The van der Waals surface area contributed by atoms with Crippen molar-refractivity contribution in [2.45, 2.75) is 44.6 Å². The molecule has 0 radical (unpaired) electrons. The Morgan fingerprint density at radius 1 is 1.11 bits per heavy atom. The molecule has 1 N–H and O–H groups in total. The van der Waals surface area contributed by atoms with Gasteiger partial charge in [-0.2, -0.15) is 0 Å². The van der Waals surface area contributed by atoms with Gasteiger partial charge in [-0.05, 0) is 57.5 Å². The third-order valence-electron chi connectivity index (χ3n) is 3.89. The zero-order valence-corrected chi connectivity index (χ0v) is 12.1. The number of carbonyl (C=O) groups excluding carboxylic acids is 1. The molecule has 2 rings (SSSR count). The molecule has 0 aromatic heterocycles. The van der Waals surface area contributed by atoms with E-state index in [-0.39, 0.29) is 17.8 Å². The standard InChI is InChI=1S/C13H23NO4S/c15-13(18-12-3-1-2-4-12)10-19(16,17)9-11-5-7-14-8-6-11/h11-12,14H,1-10H2. The van der Waals surface area contributed by atoms with E-state index in [4.69, 9.17) is 4.74 Å². The van der Waals surface area contributed by atoms with E-state index < -0.39 is 21.6 Å². The molecule has 0 atom stereocenters. The number of esters is 1. The first-order valence-corrected chi connectivity index (χ1v) is 8.98. The van der Waals surface area contributed by atoms with Crippen LogP contribution in [0.15, 0.2) is 0 Å². The van der Waals surface area contributed by atoms with Gasteiger partial charge in [-0.25, -0.2) is 8.42 Å². The third kappa shape index (κ3) is 5.10. The molecule has 0 unspecified atom stereocenters. The first-order chi connectivity index (χ1) is 9.05. The molecule has 110 valence electrons. The molecule has 1 saturated carbocycles. The minimum atomic E-state index is -3.32. The highest BCUT2D eigenvalue weighted by Gasteiger charge is 2.26. The summed E-state index contributed by atoms with van der Waals surface area (Å²) in [7, 11) is -3.32. The fourth-order valence-corrected chi connectivity index (χ4v) is 4.47. The zero-order valence-electron chi connectivity index (χ0n) is 11.3. The summed E-state index contributed by atoms with van der Waals surface area (Å²) in [5.74, 6) is -0.714. The summed E-state index contributed by atoms with van der Waals surface area (Å²) in [6.45, 7) is 1.74. The van der Waals surface area contributed by atoms with Crippen LogP contribution >= 0.6 is 0 Å². The van der Waals surface area contributed by atoms with Gasteiger partial charge in [0, 0.05) is 0 Å². The smallest absolute Gasteiger partial charge is 0.321 e. The van der Waals surface area contributed by atoms with Crippen molar-refractivity contribution in [1.29, 1.82) is 0 Å². The van der Waals surface area contributed by atoms with E-state index in [1.54, 1.807) is 0 Å². The Labute approximate surface area is 115 Å². The van der Waals surface area contributed by atoms with Crippen molar-refractivity contribution in [2.75, 3.05) is 24.6 Å². The van der Waals surface area contributed by atoms with Crippen molar-refractivity contribution in [3.63, 3.8) is 0 Å². The lowest BCUT2D eigenvalue weighted by molar-refractivity contribution is -0.145. The van der Waals surface area contributed by atoms with E-state index in [0.29, 0.717) is 0 Å². The highest BCUT2D eigenvalue weighted by atomic mass is 32.2. The molecule has 0 amide bonds. The molecule has 1 saturated heterocycles. The molecule has 0 aromatic rings. The SMILES string of the molecule is O=C(CS(=O)(=O)CC1CCNCC1)OC1CCCC1. The molecule has 6 heteroatoms. The number of nitrogens with one attached hydrogen (secondary N) is 1. The van der Waals surface area contributed by atoms with Crippen LogP contribution in [0.2, 0.25) is 0 Å². The fraction of sp³-hybridized carbons (Fsp3) is 0.923. The van der Waals surface area contributed by atoms with Crippen molar-refractivity contribution in [1.82, 2.24) is 5.32 Å². The number of sulfone groups is 1. The summed E-state index contributed by atoms with van der Waals surface area (Å²) in [5, 5.41) is 3.20. The molecule has 19 heavy (non-hydrogen) atoms. The van der Waals surface area contributed by atoms with Crippen molar-refractivity contribution >= 4 is 15.8 Å². The molecule has 1 aliphatic heterocycles. The van der Waals surface area contributed by atoms with Gasteiger partial charge in [0.2, 0.25) is 0 Å². The summed E-state index contributed by atoms with van der Waals surface area (Å²) in [6.07, 6.45) is 5.58. The van der Waals surface area contributed by atoms with Crippen molar-refractivity contribution < 1.29 is 17.9 Å². The lowest BCUT2D eigenvalue weighted by Crippen LogP contribution is -2.33. The lowest BCUT2D eigenvalue weighted by atomic mass is 10.0. The Hall–Kier alpha value is -0.620. The number of piperidine rings is 1. The van der Waals surface area contributed by atoms with Crippen molar-refractivity contribution in [2.24, 2.45) is 5.92 Å². The molecular weight excluding hydrogens is 266 g/mol. The third-order valence-corrected chi connectivity index (χ3v) is 5.54. The fourth-order valence-electron chi connectivity index (χ4n) is 2.87. The number of ether oxygens (including phenoxy) is 1. The predicted octanol–water partition coefficient (Wildman–Crippen LogP) is 0.887. The zero-order chi connectivity index (χ0) is 13.7. The molecule has 5 nitrogen and oxygen atoms in total. The average Bonchev–Trinajstić information content (AvgIpc) is 2.81. The van der Waals surface area contributed by atoms with Crippen LogP contribution in [0.5, 0.6) is 0 Å². The van der Waals surface area contributed by atoms with Crippen LogP contribution < -0.4 is 5.32 Å². The van der Waals surface area contributed by atoms with Crippen LogP contribution in [-0.2, 0) is 19.4 Å². The summed E-state index contributed by atoms with van der Waals surface area (Å²) in [6, 6.07) is 0. The monoisotopic (exact) mass is 289 g/mol. The Morgan fingerprint density at radius 3 is 2.37 bits per heavy atom. The van der Waals surface area contributed by atoms with Crippen molar-refractivity contribution in [3.8, 4) is 0 Å². The van der Waals surface area contributed by atoms with Crippen LogP contribution in [0, 0.1) is 5.92 Å². The molecule has 2 fully saturated rings. The maximum Gasteiger partial charge on any atom is 0.321 e. The van der Waals surface area contributed by atoms with Crippen LogP contribution in [-0.4, -0.2) is 45.1 Å². The van der Waals surface area contributed by atoms with E-state index in [1.165, 1.54) is 0 Å². The molecule has 0 bridgehead atoms.